The quantitative estimate of drug-likeness (QED) is 0.215. The zero-order chi connectivity index (χ0) is 30.3. The first kappa shape index (κ1) is 28.6. The monoisotopic (exact) mass is 609 g/mol. The van der Waals surface area contributed by atoms with Crippen LogP contribution in [0.1, 0.15) is 30.5 Å². The highest BCUT2D eigenvalue weighted by Gasteiger charge is 2.45. The zero-order valence-electron chi connectivity index (χ0n) is 23.4. The molecule has 13 heteroatoms. The lowest BCUT2D eigenvalue weighted by molar-refractivity contribution is -0.114. The van der Waals surface area contributed by atoms with Crippen LogP contribution in [0.25, 0.3) is 31.8 Å². The van der Waals surface area contributed by atoms with E-state index in [-0.39, 0.29) is 12.2 Å². The molecular weight excluding hydrogens is 583 g/mol. The van der Waals surface area contributed by atoms with Gasteiger partial charge in [-0.15, -0.1) is 11.3 Å². The smallest absolute Gasteiger partial charge is 0.412 e. The van der Waals surface area contributed by atoms with E-state index in [9.17, 15) is 13.6 Å². The fourth-order valence-corrected chi connectivity index (χ4v) is 5.95. The Labute approximate surface area is 248 Å². The van der Waals surface area contributed by atoms with E-state index in [2.05, 4.69) is 25.3 Å². The number of benzene rings is 2. The van der Waals surface area contributed by atoms with E-state index in [1.165, 1.54) is 43.0 Å². The predicted molar refractivity (Wildman–Crippen MR) is 155 cm³/mol. The van der Waals surface area contributed by atoms with Crippen LogP contribution in [0.15, 0.2) is 48.8 Å². The van der Waals surface area contributed by atoms with E-state index in [1.54, 1.807) is 19.1 Å². The van der Waals surface area contributed by atoms with E-state index in [4.69, 9.17) is 14.2 Å². The van der Waals surface area contributed by atoms with E-state index in [1.807, 2.05) is 19.1 Å². The van der Waals surface area contributed by atoms with Crippen LogP contribution in [-0.4, -0.2) is 51.3 Å². The van der Waals surface area contributed by atoms with Gasteiger partial charge in [-0.25, -0.2) is 32.9 Å². The van der Waals surface area contributed by atoms with E-state index >= 15 is 4.39 Å². The highest BCUT2D eigenvalue weighted by atomic mass is 32.1. The van der Waals surface area contributed by atoms with Crippen molar-refractivity contribution in [2.45, 2.75) is 51.2 Å². The number of hydrogen-bond donors (Lipinski definition) is 1. The summed E-state index contributed by atoms with van der Waals surface area (Å²) < 4.78 is 61.2. The third-order valence-corrected chi connectivity index (χ3v) is 8.11. The largest absolute Gasteiger partial charge is 0.483 e. The van der Waals surface area contributed by atoms with Crippen molar-refractivity contribution in [3.63, 3.8) is 0 Å². The van der Waals surface area contributed by atoms with Crippen molar-refractivity contribution in [1.29, 1.82) is 0 Å². The van der Waals surface area contributed by atoms with Gasteiger partial charge in [0.15, 0.2) is 11.6 Å². The SMILES string of the molecule is COc1cnc2c(-c3nc4cc(F)c(OC5CC(F)(F)CC[C@@H]5OC(=O)Nc5ccc(C)nc5)cc4s3)cc(C)cc2n1. The molecule has 1 N–H and O–H groups in total. The van der Waals surface area contributed by atoms with Gasteiger partial charge in [0, 0.05) is 29.8 Å². The summed E-state index contributed by atoms with van der Waals surface area (Å²) in [4.78, 5) is 30.2. The van der Waals surface area contributed by atoms with Crippen LogP contribution in [0.3, 0.4) is 0 Å². The molecule has 1 unspecified atom stereocenters. The molecule has 43 heavy (non-hydrogen) atoms. The Balaban J connectivity index is 1.27. The average Bonchev–Trinajstić information content (AvgIpc) is 3.37. The molecule has 1 aliphatic rings. The van der Waals surface area contributed by atoms with Gasteiger partial charge >= 0.3 is 6.09 Å². The van der Waals surface area contributed by atoms with Gasteiger partial charge < -0.3 is 14.2 Å². The van der Waals surface area contributed by atoms with Crippen LogP contribution in [0.5, 0.6) is 11.6 Å². The Morgan fingerprint density at radius 3 is 2.65 bits per heavy atom. The number of ether oxygens (including phenoxy) is 3. The third-order valence-electron chi connectivity index (χ3n) is 7.05. The Kier molecular flexibility index (Phi) is 7.50. The van der Waals surface area contributed by atoms with Crippen LogP contribution in [-0.2, 0) is 4.74 Å². The molecule has 0 spiro atoms. The van der Waals surface area contributed by atoms with Crippen molar-refractivity contribution >= 4 is 44.4 Å². The van der Waals surface area contributed by atoms with Crippen molar-refractivity contribution in [3.05, 3.63) is 65.9 Å². The van der Waals surface area contributed by atoms with Crippen LogP contribution < -0.4 is 14.8 Å². The van der Waals surface area contributed by atoms with Gasteiger partial charge in [0.25, 0.3) is 5.92 Å². The molecule has 1 amide bonds. The first-order valence-corrected chi connectivity index (χ1v) is 14.3. The first-order chi connectivity index (χ1) is 20.6. The topological polar surface area (TPSA) is 108 Å². The summed E-state index contributed by atoms with van der Waals surface area (Å²) in [6.07, 6.45) is -1.57. The van der Waals surface area contributed by atoms with Gasteiger partial charge in [-0.1, -0.05) is 0 Å². The molecule has 6 rings (SSSR count). The van der Waals surface area contributed by atoms with Crippen LogP contribution >= 0.6 is 11.3 Å². The number of halogens is 3. The second-order valence-electron chi connectivity index (χ2n) is 10.4. The fraction of sp³-hybridized carbons (Fsp3) is 0.300. The lowest BCUT2D eigenvalue weighted by Gasteiger charge is -2.35. The first-order valence-electron chi connectivity index (χ1n) is 13.4. The van der Waals surface area contributed by atoms with Gasteiger partial charge in [0.05, 0.1) is 52.9 Å². The fourth-order valence-electron chi connectivity index (χ4n) is 4.95. The van der Waals surface area contributed by atoms with Crippen LogP contribution in [0, 0.1) is 19.7 Å². The Morgan fingerprint density at radius 2 is 1.88 bits per heavy atom. The van der Waals surface area contributed by atoms with Gasteiger partial charge in [0.1, 0.15) is 17.2 Å². The van der Waals surface area contributed by atoms with E-state index in [0.717, 1.165) is 11.3 Å². The summed E-state index contributed by atoms with van der Waals surface area (Å²) in [5.74, 6) is -3.69. The number of anilines is 1. The zero-order valence-corrected chi connectivity index (χ0v) is 24.2. The molecule has 2 atom stereocenters. The molecule has 1 aliphatic carbocycles. The lowest BCUT2D eigenvalue weighted by atomic mass is 9.91. The lowest BCUT2D eigenvalue weighted by Crippen LogP contribution is -2.45. The molecular formula is C30H26F3N5O4S. The van der Waals surface area contributed by atoms with Crippen molar-refractivity contribution in [1.82, 2.24) is 19.9 Å². The van der Waals surface area contributed by atoms with Gasteiger partial charge in [-0.05, 0) is 50.1 Å². The van der Waals surface area contributed by atoms with E-state index in [0.29, 0.717) is 43.4 Å². The number of amides is 1. The summed E-state index contributed by atoms with van der Waals surface area (Å²) in [6, 6.07) is 9.77. The Bertz CT molecular complexity index is 1830. The molecule has 0 saturated heterocycles. The summed E-state index contributed by atoms with van der Waals surface area (Å²) in [5, 5.41) is 3.11. The average molecular weight is 610 g/mol. The van der Waals surface area contributed by atoms with E-state index < -0.39 is 42.9 Å². The Morgan fingerprint density at radius 1 is 1.05 bits per heavy atom. The van der Waals surface area contributed by atoms with Gasteiger partial charge in [-0.3, -0.25) is 10.3 Å². The van der Waals surface area contributed by atoms with Crippen molar-refractivity contribution in [2.75, 3.05) is 12.4 Å². The molecule has 1 saturated carbocycles. The molecule has 0 radical (unpaired) electrons. The summed E-state index contributed by atoms with van der Waals surface area (Å²) >= 11 is 1.28. The number of nitrogens with zero attached hydrogens (tertiary/aromatic N) is 4. The highest BCUT2D eigenvalue weighted by Crippen LogP contribution is 2.40. The summed E-state index contributed by atoms with van der Waals surface area (Å²) in [7, 11) is 1.51. The minimum absolute atomic E-state index is 0.155. The number of fused-ring (bicyclic) bond motifs is 2. The maximum atomic E-state index is 15.3. The second-order valence-corrected chi connectivity index (χ2v) is 11.4. The number of rotatable bonds is 6. The van der Waals surface area contributed by atoms with Crippen molar-refractivity contribution < 1.29 is 32.2 Å². The number of aromatic nitrogens is 4. The molecule has 0 aliphatic heterocycles. The number of hydrogen-bond acceptors (Lipinski definition) is 9. The number of alkyl halides is 2. The molecule has 9 nitrogen and oxygen atoms in total. The van der Waals surface area contributed by atoms with Crippen LogP contribution in [0.4, 0.5) is 23.7 Å². The number of methoxy groups -OCH3 is 1. The maximum Gasteiger partial charge on any atom is 0.412 e. The number of carbonyl (C=O) groups is 1. The number of carbonyl (C=O) groups excluding carboxylic acids is 1. The summed E-state index contributed by atoms with van der Waals surface area (Å²) in [5.41, 5.74) is 4.38. The van der Waals surface area contributed by atoms with Crippen molar-refractivity contribution in [2.24, 2.45) is 0 Å². The van der Waals surface area contributed by atoms with Gasteiger partial charge in [-0.2, -0.15) is 0 Å². The maximum absolute atomic E-state index is 15.3. The number of aryl methyl sites for hydroxylation is 2. The molecule has 3 aromatic heterocycles. The molecule has 5 aromatic rings. The van der Waals surface area contributed by atoms with Gasteiger partial charge in [0.2, 0.25) is 5.88 Å². The predicted octanol–water partition coefficient (Wildman–Crippen LogP) is 7.25. The second kappa shape index (κ2) is 11.3. The molecule has 1 fully saturated rings. The normalized spacial score (nSPS) is 18.0. The standard InChI is InChI=1S/C30H26F3N5O4S/c1-15-8-18(27-21(9-15)37-26(40-3)14-35-27)28-38-20-10-19(31)23(11-25(20)43-28)41-24-12-30(32,33)7-6-22(24)42-29(39)36-17-5-4-16(2)34-13-17/h4-5,8-11,13-14,22,24H,6-7,12H2,1-3H3,(H,36,39)/t22-,24?/m0/s1. The third kappa shape index (κ3) is 6.17. The number of nitrogens with one attached hydrogen (secondary N) is 1. The van der Waals surface area contributed by atoms with Crippen molar-refractivity contribution in [3.8, 4) is 22.2 Å². The molecule has 222 valence electrons. The minimum Gasteiger partial charge on any atom is -0.483 e. The molecule has 2 aromatic carbocycles. The highest BCUT2D eigenvalue weighted by molar-refractivity contribution is 7.21. The number of pyridine rings is 1. The van der Waals surface area contributed by atoms with Crippen LogP contribution in [0.2, 0.25) is 0 Å². The molecule has 3 heterocycles. The summed E-state index contributed by atoms with van der Waals surface area (Å²) in [6.45, 7) is 3.71. The Hall–Kier alpha value is -4.52. The minimum atomic E-state index is -3.06. The molecule has 0 bridgehead atoms. The number of thiazole rings is 1.